The molecule has 28 heavy (non-hydrogen) atoms. The molecule has 0 aliphatic carbocycles. The molecule has 0 unspecified atom stereocenters. The van der Waals surface area contributed by atoms with Gasteiger partial charge in [0.05, 0.1) is 6.61 Å². The summed E-state index contributed by atoms with van der Waals surface area (Å²) in [5, 5.41) is 0. The summed E-state index contributed by atoms with van der Waals surface area (Å²) in [5.41, 5.74) is 5.01. The Morgan fingerprint density at radius 2 is 1.54 bits per heavy atom. The molecule has 4 amide bonds. The zero-order chi connectivity index (χ0) is 20.5. The molecule has 2 N–H and O–H groups in total. The van der Waals surface area contributed by atoms with Gasteiger partial charge in [-0.25, -0.2) is 0 Å². The third kappa shape index (κ3) is 6.26. The Labute approximate surface area is 164 Å². The minimum atomic E-state index is -0.455. The van der Waals surface area contributed by atoms with Crippen LogP contribution in [-0.2, 0) is 14.4 Å². The largest absolute Gasteiger partial charge is 0.494 e. The van der Waals surface area contributed by atoms with Crippen LogP contribution in [0.15, 0.2) is 24.3 Å². The molecule has 9 nitrogen and oxygen atoms in total. The maximum atomic E-state index is 12.2. The van der Waals surface area contributed by atoms with Crippen LogP contribution in [0.25, 0.3) is 0 Å². The van der Waals surface area contributed by atoms with Crippen LogP contribution in [0.2, 0.25) is 0 Å². The van der Waals surface area contributed by atoms with E-state index < -0.39 is 11.8 Å². The molecular weight excluding hydrogens is 364 g/mol. The van der Waals surface area contributed by atoms with Crippen molar-refractivity contribution in [3.8, 4) is 5.75 Å². The Hall–Kier alpha value is -3.10. The summed E-state index contributed by atoms with van der Waals surface area (Å²) in [6.07, 6.45) is 0.0140. The van der Waals surface area contributed by atoms with E-state index in [-0.39, 0.29) is 24.7 Å². The van der Waals surface area contributed by atoms with E-state index in [1.165, 1.54) is 6.92 Å². The SMILES string of the molecule is CCOc1ccc(C(=O)NNC(=O)CCC(=O)N2CCN(C(C)=O)CC2)cc1. The number of ether oxygens (including phenoxy) is 1. The van der Waals surface area contributed by atoms with E-state index >= 15 is 0 Å². The number of benzene rings is 1. The van der Waals surface area contributed by atoms with Gasteiger partial charge in [-0.15, -0.1) is 0 Å². The third-order valence-electron chi connectivity index (χ3n) is 4.39. The first-order valence-electron chi connectivity index (χ1n) is 9.26. The standard InChI is InChI=1S/C19H26N4O5/c1-3-28-16-6-4-15(5-7-16)19(27)21-20-17(25)8-9-18(26)23-12-10-22(11-13-23)14(2)24/h4-7H,3,8-13H2,1-2H3,(H,20,25)(H,21,27). The number of rotatable bonds is 6. The van der Waals surface area contributed by atoms with Crippen LogP contribution in [0.4, 0.5) is 0 Å². The average Bonchev–Trinajstić information content (AvgIpc) is 2.71. The summed E-state index contributed by atoms with van der Waals surface area (Å²) in [6.45, 7) is 5.85. The molecule has 1 aromatic carbocycles. The van der Waals surface area contributed by atoms with Gasteiger partial charge in [0.25, 0.3) is 5.91 Å². The van der Waals surface area contributed by atoms with Crippen LogP contribution in [0.5, 0.6) is 5.75 Å². The van der Waals surface area contributed by atoms with E-state index in [9.17, 15) is 19.2 Å². The summed E-state index contributed by atoms with van der Waals surface area (Å²) < 4.78 is 5.30. The van der Waals surface area contributed by atoms with Crippen molar-refractivity contribution in [1.82, 2.24) is 20.7 Å². The lowest BCUT2D eigenvalue weighted by Gasteiger charge is -2.34. The molecule has 0 saturated carbocycles. The van der Waals surface area contributed by atoms with Crippen molar-refractivity contribution >= 4 is 23.6 Å². The number of carbonyl (C=O) groups is 4. The van der Waals surface area contributed by atoms with Crippen LogP contribution in [0.3, 0.4) is 0 Å². The van der Waals surface area contributed by atoms with Gasteiger partial charge < -0.3 is 14.5 Å². The fraction of sp³-hybridized carbons (Fsp3) is 0.474. The monoisotopic (exact) mass is 390 g/mol. The van der Waals surface area contributed by atoms with Gasteiger partial charge in [0, 0.05) is 51.5 Å². The number of amides is 4. The number of hydrazine groups is 1. The Bertz CT molecular complexity index is 712. The molecule has 0 spiro atoms. The maximum Gasteiger partial charge on any atom is 0.269 e. The molecule has 9 heteroatoms. The van der Waals surface area contributed by atoms with Crippen LogP contribution < -0.4 is 15.6 Å². The van der Waals surface area contributed by atoms with Crippen LogP contribution in [0, 0.1) is 0 Å². The van der Waals surface area contributed by atoms with Crippen LogP contribution >= 0.6 is 0 Å². The topological polar surface area (TPSA) is 108 Å². The fourth-order valence-electron chi connectivity index (χ4n) is 2.78. The maximum absolute atomic E-state index is 12.2. The van der Waals surface area contributed by atoms with Crippen molar-refractivity contribution in [2.24, 2.45) is 0 Å². The zero-order valence-corrected chi connectivity index (χ0v) is 16.2. The van der Waals surface area contributed by atoms with Gasteiger partial charge in [0.2, 0.25) is 17.7 Å². The minimum absolute atomic E-state index is 0.00486. The first kappa shape index (κ1) is 21.2. The summed E-state index contributed by atoms with van der Waals surface area (Å²) in [6, 6.07) is 6.53. The molecule has 2 rings (SSSR count). The number of piperazine rings is 1. The highest BCUT2D eigenvalue weighted by Crippen LogP contribution is 2.11. The van der Waals surface area contributed by atoms with Gasteiger partial charge in [-0.2, -0.15) is 0 Å². The molecule has 152 valence electrons. The van der Waals surface area contributed by atoms with Crippen molar-refractivity contribution in [1.29, 1.82) is 0 Å². The van der Waals surface area contributed by atoms with Gasteiger partial charge in [0.1, 0.15) is 5.75 Å². The van der Waals surface area contributed by atoms with E-state index in [4.69, 9.17) is 4.74 Å². The van der Waals surface area contributed by atoms with E-state index in [2.05, 4.69) is 10.9 Å². The summed E-state index contributed by atoms with van der Waals surface area (Å²) >= 11 is 0. The predicted octanol–water partition coefficient (Wildman–Crippen LogP) is 0.317. The van der Waals surface area contributed by atoms with Gasteiger partial charge in [-0.1, -0.05) is 0 Å². The lowest BCUT2D eigenvalue weighted by Crippen LogP contribution is -2.50. The minimum Gasteiger partial charge on any atom is -0.494 e. The summed E-state index contributed by atoms with van der Waals surface area (Å²) in [7, 11) is 0. The highest BCUT2D eigenvalue weighted by molar-refractivity contribution is 5.95. The number of carbonyl (C=O) groups excluding carboxylic acids is 4. The number of nitrogens with one attached hydrogen (secondary N) is 2. The Kier molecular flexibility index (Phi) is 7.79. The average molecular weight is 390 g/mol. The van der Waals surface area contributed by atoms with Crippen molar-refractivity contribution in [3.63, 3.8) is 0 Å². The molecule has 1 saturated heterocycles. The Morgan fingerprint density at radius 1 is 0.929 bits per heavy atom. The van der Waals surface area contributed by atoms with Crippen LogP contribution in [-0.4, -0.2) is 66.2 Å². The molecule has 0 atom stereocenters. The van der Waals surface area contributed by atoms with Crippen molar-refractivity contribution in [2.45, 2.75) is 26.7 Å². The number of nitrogens with zero attached hydrogens (tertiary/aromatic N) is 2. The Morgan fingerprint density at radius 3 is 2.11 bits per heavy atom. The number of hydrogen-bond acceptors (Lipinski definition) is 5. The Balaban J connectivity index is 1.68. The number of hydrogen-bond donors (Lipinski definition) is 2. The molecule has 0 bridgehead atoms. The predicted molar refractivity (Wildman–Crippen MR) is 101 cm³/mol. The molecule has 0 radical (unpaired) electrons. The summed E-state index contributed by atoms with van der Waals surface area (Å²) in [5.74, 6) is -0.394. The highest BCUT2D eigenvalue weighted by Gasteiger charge is 2.22. The molecule has 1 aliphatic heterocycles. The zero-order valence-electron chi connectivity index (χ0n) is 16.2. The lowest BCUT2D eigenvalue weighted by atomic mass is 10.2. The molecule has 1 fully saturated rings. The van der Waals surface area contributed by atoms with Crippen LogP contribution in [0.1, 0.15) is 37.0 Å². The molecule has 1 heterocycles. The van der Waals surface area contributed by atoms with E-state index in [0.29, 0.717) is 44.1 Å². The van der Waals surface area contributed by atoms with E-state index in [1.807, 2.05) is 6.92 Å². The quantitative estimate of drug-likeness (QED) is 0.680. The lowest BCUT2D eigenvalue weighted by molar-refractivity contribution is -0.139. The third-order valence-corrected chi connectivity index (χ3v) is 4.39. The second-order valence-corrected chi connectivity index (χ2v) is 6.35. The fourth-order valence-corrected chi connectivity index (χ4v) is 2.78. The molecule has 0 aromatic heterocycles. The first-order valence-corrected chi connectivity index (χ1v) is 9.26. The van der Waals surface area contributed by atoms with Gasteiger partial charge >= 0.3 is 0 Å². The van der Waals surface area contributed by atoms with E-state index in [0.717, 1.165) is 0 Å². The molecule has 1 aliphatic rings. The second-order valence-electron chi connectivity index (χ2n) is 6.35. The normalized spacial score (nSPS) is 13.6. The summed E-state index contributed by atoms with van der Waals surface area (Å²) in [4.78, 5) is 50.7. The smallest absolute Gasteiger partial charge is 0.269 e. The molecular formula is C19H26N4O5. The highest BCUT2D eigenvalue weighted by atomic mass is 16.5. The van der Waals surface area contributed by atoms with Crippen molar-refractivity contribution in [2.75, 3.05) is 32.8 Å². The van der Waals surface area contributed by atoms with Crippen molar-refractivity contribution in [3.05, 3.63) is 29.8 Å². The van der Waals surface area contributed by atoms with Crippen molar-refractivity contribution < 1.29 is 23.9 Å². The van der Waals surface area contributed by atoms with Gasteiger partial charge in [0.15, 0.2) is 0 Å². The van der Waals surface area contributed by atoms with E-state index in [1.54, 1.807) is 34.1 Å². The first-order chi connectivity index (χ1) is 13.4. The van der Waals surface area contributed by atoms with Gasteiger partial charge in [-0.3, -0.25) is 30.0 Å². The molecule has 1 aromatic rings. The second kappa shape index (κ2) is 10.3. The van der Waals surface area contributed by atoms with Gasteiger partial charge in [-0.05, 0) is 31.2 Å².